The van der Waals surface area contributed by atoms with E-state index in [2.05, 4.69) is 15.6 Å². The third kappa shape index (κ3) is 3.36. The van der Waals surface area contributed by atoms with Crippen molar-refractivity contribution in [1.82, 2.24) is 10.3 Å². The molecule has 0 spiro atoms. The third-order valence-electron chi connectivity index (χ3n) is 5.32. The Morgan fingerprint density at radius 1 is 1.26 bits per heavy atom. The number of rotatable bonds is 5. The van der Waals surface area contributed by atoms with E-state index in [1.165, 1.54) is 18.3 Å². The van der Waals surface area contributed by atoms with Crippen molar-refractivity contribution in [3.8, 4) is 11.1 Å². The molecule has 4 aromatic rings. The maximum atomic E-state index is 13.0. The van der Waals surface area contributed by atoms with Gasteiger partial charge in [0.2, 0.25) is 5.27 Å². The second kappa shape index (κ2) is 7.28. The van der Waals surface area contributed by atoms with E-state index in [1.807, 2.05) is 30.3 Å². The first-order chi connectivity index (χ1) is 14.9. The molecule has 0 radical (unpaired) electrons. The molecule has 0 saturated heterocycles. The summed E-state index contributed by atoms with van der Waals surface area (Å²) in [6.45, 7) is 3.31. The Balaban J connectivity index is 1.63. The highest BCUT2D eigenvalue weighted by molar-refractivity contribution is 7.21. The van der Waals surface area contributed by atoms with Gasteiger partial charge in [-0.2, -0.15) is 0 Å². The van der Waals surface area contributed by atoms with E-state index in [1.54, 1.807) is 17.8 Å². The van der Waals surface area contributed by atoms with Crippen molar-refractivity contribution in [3.63, 3.8) is 0 Å². The first-order valence-electron chi connectivity index (χ1n) is 9.92. The lowest BCUT2D eigenvalue weighted by Gasteiger charge is -2.12. The number of fused-ring (bicyclic) bond motifs is 1. The number of pyridine rings is 1. The number of benzene rings is 1. The molecule has 1 saturated carbocycles. The first-order valence-corrected chi connectivity index (χ1v) is 10.7. The molecular weight excluding hydrogens is 414 g/mol. The number of nitrogens with two attached hydrogens (primary N) is 1. The Labute approximate surface area is 181 Å². The smallest absolute Gasteiger partial charge is 0.302 e. The average molecular weight is 435 g/mol. The number of Topliss-reactive ketones (excluding diaryl/α,β-unsaturated/α-hetero) is 1. The van der Waals surface area contributed by atoms with E-state index in [0.29, 0.717) is 43.6 Å². The minimum Gasteiger partial charge on any atom is -0.397 e. The highest BCUT2D eigenvalue weighted by atomic mass is 32.1. The number of nitrogen functional groups attached to an aromatic ring is 1. The summed E-state index contributed by atoms with van der Waals surface area (Å²) in [5, 5.41) is 7.27. The highest BCUT2D eigenvalue weighted by Gasteiger charge is 2.36. The molecule has 1 amide bonds. The molecule has 1 aromatic carbocycles. The molecule has 1 aliphatic rings. The van der Waals surface area contributed by atoms with Crippen LogP contribution in [0, 0.1) is 6.92 Å². The van der Waals surface area contributed by atoms with Gasteiger partial charge in [-0.05, 0) is 24.1 Å². The summed E-state index contributed by atoms with van der Waals surface area (Å²) in [6.07, 6.45) is 3.78. The van der Waals surface area contributed by atoms with Gasteiger partial charge in [-0.25, -0.2) is 4.98 Å². The minimum atomic E-state index is -0.402. The van der Waals surface area contributed by atoms with Crippen LogP contribution in [0.15, 0.2) is 41.1 Å². The number of hydrogen-bond acceptors (Lipinski definition) is 7. The third-order valence-corrected chi connectivity index (χ3v) is 6.42. The Morgan fingerprint density at radius 2 is 2.00 bits per heavy atom. The number of anilines is 2. The maximum absolute atomic E-state index is 13.0. The van der Waals surface area contributed by atoms with Crippen LogP contribution in [0.4, 0.5) is 11.6 Å². The summed E-state index contributed by atoms with van der Waals surface area (Å²) in [5.74, 6) is -0.250. The SMILES string of the molecule is CC(=O)c1c(C)nc2sc(C(=O)Nc3c[n+](C4CC4)no3)c(N)c2c1-c1ccccc1. The van der Waals surface area contributed by atoms with Crippen LogP contribution in [0.25, 0.3) is 21.3 Å². The molecule has 31 heavy (non-hydrogen) atoms. The van der Waals surface area contributed by atoms with Crippen LogP contribution in [0.3, 0.4) is 0 Å². The Kier molecular flexibility index (Phi) is 4.55. The number of aryl methyl sites for hydroxylation is 1. The van der Waals surface area contributed by atoms with Crippen LogP contribution in [-0.4, -0.2) is 21.9 Å². The lowest BCUT2D eigenvalue weighted by Crippen LogP contribution is -2.32. The van der Waals surface area contributed by atoms with Crippen molar-refractivity contribution in [2.24, 2.45) is 0 Å². The lowest BCUT2D eigenvalue weighted by molar-refractivity contribution is -0.765. The molecule has 3 aromatic heterocycles. The molecule has 5 rings (SSSR count). The van der Waals surface area contributed by atoms with Crippen LogP contribution in [-0.2, 0) is 0 Å². The summed E-state index contributed by atoms with van der Waals surface area (Å²) in [6, 6.07) is 9.88. The number of amides is 1. The number of ketones is 1. The fraction of sp³-hybridized carbons (Fsp3) is 0.227. The summed E-state index contributed by atoms with van der Waals surface area (Å²) >= 11 is 1.19. The second-order valence-corrected chi connectivity index (χ2v) is 8.63. The zero-order chi connectivity index (χ0) is 21.7. The van der Waals surface area contributed by atoms with Crippen LogP contribution < -0.4 is 15.7 Å². The van der Waals surface area contributed by atoms with Crippen LogP contribution in [0.2, 0.25) is 0 Å². The van der Waals surface area contributed by atoms with Gasteiger partial charge in [0, 0.05) is 29.4 Å². The number of nitrogens with one attached hydrogen (secondary N) is 1. The fourth-order valence-electron chi connectivity index (χ4n) is 3.75. The van der Waals surface area contributed by atoms with Gasteiger partial charge in [0.1, 0.15) is 9.71 Å². The molecule has 1 aliphatic carbocycles. The quantitative estimate of drug-likeness (QED) is 0.363. The van der Waals surface area contributed by atoms with Gasteiger partial charge in [0.15, 0.2) is 11.8 Å². The van der Waals surface area contributed by atoms with E-state index in [4.69, 9.17) is 10.3 Å². The largest absolute Gasteiger partial charge is 0.397 e. The van der Waals surface area contributed by atoms with E-state index >= 15 is 0 Å². The van der Waals surface area contributed by atoms with E-state index < -0.39 is 5.91 Å². The Morgan fingerprint density at radius 3 is 2.68 bits per heavy atom. The summed E-state index contributed by atoms with van der Waals surface area (Å²) in [5.41, 5.74) is 9.42. The predicted octanol–water partition coefficient (Wildman–Crippen LogP) is 3.92. The molecule has 3 N–H and O–H groups in total. The lowest BCUT2D eigenvalue weighted by atomic mass is 9.93. The predicted molar refractivity (Wildman–Crippen MR) is 117 cm³/mol. The number of aromatic nitrogens is 3. The number of thiophene rings is 1. The number of carbonyl (C=O) groups excluding carboxylic acids is 2. The molecular formula is C22H20N5O3S+. The fourth-order valence-corrected chi connectivity index (χ4v) is 4.80. The van der Waals surface area contributed by atoms with Crippen molar-refractivity contribution in [2.75, 3.05) is 11.1 Å². The number of nitrogens with zero attached hydrogens (tertiary/aromatic N) is 3. The zero-order valence-corrected chi connectivity index (χ0v) is 17.8. The minimum absolute atomic E-state index is 0.103. The molecule has 0 atom stereocenters. The van der Waals surface area contributed by atoms with Crippen molar-refractivity contribution in [3.05, 3.63) is 52.7 Å². The molecule has 0 unspecified atom stereocenters. The van der Waals surface area contributed by atoms with Gasteiger partial charge in [0.25, 0.3) is 12.1 Å². The molecule has 9 heteroatoms. The van der Waals surface area contributed by atoms with E-state index in [0.717, 1.165) is 18.4 Å². The molecule has 8 nitrogen and oxygen atoms in total. The summed E-state index contributed by atoms with van der Waals surface area (Å²) < 4.78 is 6.93. The monoisotopic (exact) mass is 434 g/mol. The molecule has 0 aliphatic heterocycles. The van der Waals surface area contributed by atoms with Gasteiger partial charge < -0.3 is 5.73 Å². The van der Waals surface area contributed by atoms with Gasteiger partial charge >= 0.3 is 5.88 Å². The highest BCUT2D eigenvalue weighted by Crippen LogP contribution is 2.42. The molecule has 0 bridgehead atoms. The van der Waals surface area contributed by atoms with Gasteiger partial charge in [-0.1, -0.05) is 30.3 Å². The zero-order valence-electron chi connectivity index (χ0n) is 17.0. The van der Waals surface area contributed by atoms with Crippen LogP contribution >= 0.6 is 11.3 Å². The van der Waals surface area contributed by atoms with Gasteiger partial charge in [-0.15, -0.1) is 11.3 Å². The van der Waals surface area contributed by atoms with Crippen molar-refractivity contribution in [2.45, 2.75) is 32.7 Å². The average Bonchev–Trinajstić information content (AvgIpc) is 3.41. The molecule has 156 valence electrons. The second-order valence-electron chi connectivity index (χ2n) is 7.63. The summed E-state index contributed by atoms with van der Waals surface area (Å²) in [7, 11) is 0. The molecule has 1 fully saturated rings. The van der Waals surface area contributed by atoms with Crippen molar-refractivity contribution in [1.29, 1.82) is 0 Å². The van der Waals surface area contributed by atoms with E-state index in [-0.39, 0.29) is 11.7 Å². The van der Waals surface area contributed by atoms with E-state index in [9.17, 15) is 9.59 Å². The number of hydrogen-bond donors (Lipinski definition) is 2. The Bertz CT molecular complexity index is 1340. The maximum Gasteiger partial charge on any atom is 0.302 e. The van der Waals surface area contributed by atoms with Crippen molar-refractivity contribution >= 4 is 44.8 Å². The first kappa shape index (κ1) is 19.4. The summed E-state index contributed by atoms with van der Waals surface area (Å²) in [4.78, 5) is 31.0. The number of carbonyl (C=O) groups is 2. The van der Waals surface area contributed by atoms with Crippen molar-refractivity contribution < 1.29 is 18.8 Å². The standard InChI is InChI=1S/C22H19N5O3S/c1-11-16(12(2)28)17(13-6-4-3-5-7-13)18-19(23)20(31-22(18)24-11)21(29)25-15-10-27(26-30-15)14-8-9-14/h3-7,10,14H,8-9H2,1-2H3,(H2-,23,25,26,29)/p+1. The van der Waals surface area contributed by atoms with Crippen LogP contribution in [0.1, 0.15) is 51.5 Å². The van der Waals surface area contributed by atoms with Crippen LogP contribution in [0.5, 0.6) is 0 Å². The normalized spacial score (nSPS) is 13.5. The van der Waals surface area contributed by atoms with Gasteiger partial charge in [-0.3, -0.25) is 19.4 Å². The Hall–Kier alpha value is -3.59. The van der Waals surface area contributed by atoms with Gasteiger partial charge in [0.05, 0.1) is 11.4 Å². The topological polar surface area (TPSA) is 115 Å². The molecule has 3 heterocycles.